The number of halogens is 1. The van der Waals surface area contributed by atoms with Crippen molar-refractivity contribution in [1.29, 1.82) is 0 Å². The third-order valence-corrected chi connectivity index (χ3v) is 6.55. The molecule has 2 aromatic heterocycles. The third kappa shape index (κ3) is 4.14. The summed E-state index contributed by atoms with van der Waals surface area (Å²) in [5.41, 5.74) is 4.79. The second-order valence-electron chi connectivity index (χ2n) is 8.70. The second-order valence-corrected chi connectivity index (χ2v) is 8.70. The molecule has 6 nitrogen and oxygen atoms in total. The van der Waals surface area contributed by atoms with Gasteiger partial charge in [-0.15, -0.1) is 0 Å². The number of fused-ring (bicyclic) bond motifs is 1. The topological polar surface area (TPSA) is 71.1 Å². The van der Waals surface area contributed by atoms with Gasteiger partial charge >= 0.3 is 0 Å². The largest absolute Gasteiger partial charge is 0.493 e. The molecule has 4 aromatic rings. The number of nitrogens with one attached hydrogen (secondary N) is 1. The van der Waals surface area contributed by atoms with Crippen LogP contribution >= 0.6 is 0 Å². The van der Waals surface area contributed by atoms with Gasteiger partial charge in [-0.1, -0.05) is 12.1 Å². The van der Waals surface area contributed by atoms with E-state index in [1.165, 1.54) is 12.1 Å². The van der Waals surface area contributed by atoms with E-state index in [-0.39, 0.29) is 17.8 Å². The molecule has 1 fully saturated rings. The first kappa shape index (κ1) is 22.1. The predicted octanol–water partition coefficient (Wildman–Crippen LogP) is 5.67. The number of aromatic nitrogens is 3. The molecular weight excluding hydrogens is 431 g/mol. The lowest BCUT2D eigenvalue weighted by Crippen LogP contribution is -2.43. The molecule has 0 bridgehead atoms. The summed E-state index contributed by atoms with van der Waals surface area (Å²) in [6.07, 6.45) is 6.68. The number of carbonyl (C=O) groups is 1. The number of benzene rings is 2. The molecule has 0 aliphatic heterocycles. The number of hydrogen-bond donors (Lipinski definition) is 1. The normalized spacial score (nSPS) is 13.6. The SMILES string of the molecule is CCOc1cc(C(=O)N(Cc2cnc(C)c3cn[nH]c23)C2CCC2)ccc1-c1cccc(F)c1. The molecule has 0 spiro atoms. The van der Waals surface area contributed by atoms with Crippen LogP contribution < -0.4 is 4.74 Å². The average Bonchev–Trinajstić information content (AvgIpc) is 3.30. The molecule has 2 heterocycles. The molecule has 2 aromatic carbocycles. The van der Waals surface area contributed by atoms with E-state index in [4.69, 9.17) is 4.74 Å². The number of amides is 1. The van der Waals surface area contributed by atoms with Crippen molar-refractivity contribution in [3.63, 3.8) is 0 Å². The number of pyridine rings is 1. The van der Waals surface area contributed by atoms with E-state index < -0.39 is 0 Å². The monoisotopic (exact) mass is 458 g/mol. The lowest BCUT2D eigenvalue weighted by molar-refractivity contribution is 0.0557. The summed E-state index contributed by atoms with van der Waals surface area (Å²) in [5.74, 6) is 0.207. The van der Waals surface area contributed by atoms with Gasteiger partial charge in [0.15, 0.2) is 0 Å². The standard InChI is InChI=1S/C27H27FN4O2/c1-3-34-25-13-19(10-11-23(25)18-6-4-7-21(28)12-18)27(33)32(22-8-5-9-22)16-20-14-29-17(2)24-15-30-31-26(20)24/h4,6-7,10-15,22H,3,5,8-9,16H2,1-2H3,(H,30,31). The zero-order valence-corrected chi connectivity index (χ0v) is 19.3. The van der Waals surface area contributed by atoms with Gasteiger partial charge in [0, 0.05) is 46.6 Å². The van der Waals surface area contributed by atoms with E-state index >= 15 is 0 Å². The van der Waals surface area contributed by atoms with Gasteiger partial charge in [0.25, 0.3) is 5.91 Å². The maximum Gasteiger partial charge on any atom is 0.254 e. The van der Waals surface area contributed by atoms with Gasteiger partial charge in [-0.05, 0) is 69.0 Å². The Morgan fingerprint density at radius 2 is 2.06 bits per heavy atom. The van der Waals surface area contributed by atoms with E-state index in [2.05, 4.69) is 15.2 Å². The Hall–Kier alpha value is -3.74. The molecule has 1 amide bonds. The number of H-pyrrole nitrogens is 1. The maximum absolute atomic E-state index is 13.8. The third-order valence-electron chi connectivity index (χ3n) is 6.55. The molecule has 34 heavy (non-hydrogen) atoms. The fourth-order valence-corrected chi connectivity index (χ4v) is 4.47. The summed E-state index contributed by atoms with van der Waals surface area (Å²) < 4.78 is 19.7. The van der Waals surface area contributed by atoms with Gasteiger partial charge in [-0.25, -0.2) is 4.39 Å². The van der Waals surface area contributed by atoms with Crippen molar-refractivity contribution in [2.75, 3.05) is 6.61 Å². The predicted molar refractivity (Wildman–Crippen MR) is 129 cm³/mol. The first-order chi connectivity index (χ1) is 16.5. The molecule has 1 N–H and O–H groups in total. The number of nitrogens with zero attached hydrogens (tertiary/aromatic N) is 3. The fraction of sp³-hybridized carbons (Fsp3) is 0.296. The second kappa shape index (κ2) is 9.25. The Bertz CT molecular complexity index is 1350. The smallest absolute Gasteiger partial charge is 0.254 e. The van der Waals surface area contributed by atoms with Gasteiger partial charge < -0.3 is 9.64 Å². The molecule has 0 unspecified atom stereocenters. The molecule has 1 aliphatic carbocycles. The highest BCUT2D eigenvalue weighted by atomic mass is 19.1. The molecule has 0 atom stereocenters. The fourth-order valence-electron chi connectivity index (χ4n) is 4.47. The lowest BCUT2D eigenvalue weighted by atomic mass is 9.90. The van der Waals surface area contributed by atoms with Crippen LogP contribution in [0.5, 0.6) is 5.75 Å². The number of hydrogen-bond acceptors (Lipinski definition) is 4. The van der Waals surface area contributed by atoms with E-state index in [1.807, 2.05) is 37.1 Å². The highest BCUT2D eigenvalue weighted by molar-refractivity contribution is 5.96. The number of carbonyl (C=O) groups excluding carboxylic acids is 1. The Kier molecular flexibility index (Phi) is 6.01. The van der Waals surface area contributed by atoms with Crippen LogP contribution in [0.2, 0.25) is 0 Å². The Labute approximate surface area is 197 Å². The quantitative estimate of drug-likeness (QED) is 0.388. The zero-order chi connectivity index (χ0) is 23.7. The van der Waals surface area contributed by atoms with Crippen LogP contribution in [0.1, 0.15) is 47.8 Å². The molecule has 0 radical (unpaired) electrons. The molecule has 5 rings (SSSR count). The van der Waals surface area contributed by atoms with Gasteiger partial charge in [0.2, 0.25) is 0 Å². The van der Waals surface area contributed by atoms with E-state index in [9.17, 15) is 9.18 Å². The molecule has 1 aliphatic rings. The summed E-state index contributed by atoms with van der Waals surface area (Å²) in [6.45, 7) is 4.74. The summed E-state index contributed by atoms with van der Waals surface area (Å²) in [5, 5.41) is 8.21. The zero-order valence-electron chi connectivity index (χ0n) is 19.3. The number of aromatic amines is 1. The molecule has 0 saturated heterocycles. The van der Waals surface area contributed by atoms with E-state index in [0.717, 1.165) is 47.0 Å². The summed E-state index contributed by atoms with van der Waals surface area (Å²) >= 11 is 0. The minimum Gasteiger partial charge on any atom is -0.493 e. The maximum atomic E-state index is 13.8. The molecule has 1 saturated carbocycles. The van der Waals surface area contributed by atoms with Crippen LogP contribution in [0.25, 0.3) is 22.0 Å². The molecule has 7 heteroatoms. The highest BCUT2D eigenvalue weighted by Crippen LogP contribution is 2.34. The van der Waals surface area contributed by atoms with Crippen LogP contribution in [0, 0.1) is 12.7 Å². The summed E-state index contributed by atoms with van der Waals surface area (Å²) in [4.78, 5) is 20.2. The summed E-state index contributed by atoms with van der Waals surface area (Å²) in [6, 6.07) is 12.0. The number of rotatable bonds is 7. The Morgan fingerprint density at radius 1 is 1.21 bits per heavy atom. The van der Waals surface area contributed by atoms with Gasteiger partial charge in [-0.2, -0.15) is 5.10 Å². The minimum absolute atomic E-state index is 0.0512. The van der Waals surface area contributed by atoms with E-state index in [1.54, 1.807) is 24.4 Å². The first-order valence-corrected chi connectivity index (χ1v) is 11.7. The summed E-state index contributed by atoms with van der Waals surface area (Å²) in [7, 11) is 0. The minimum atomic E-state index is -0.312. The lowest BCUT2D eigenvalue weighted by Gasteiger charge is -2.38. The van der Waals surface area contributed by atoms with Crippen molar-refractivity contribution >= 4 is 16.8 Å². The van der Waals surface area contributed by atoms with Gasteiger partial charge in [0.05, 0.1) is 18.3 Å². The first-order valence-electron chi connectivity index (χ1n) is 11.7. The average molecular weight is 459 g/mol. The van der Waals surface area contributed by atoms with Crippen molar-refractivity contribution in [2.24, 2.45) is 0 Å². The van der Waals surface area contributed by atoms with Crippen LogP contribution in [0.15, 0.2) is 54.9 Å². The number of ether oxygens (including phenoxy) is 1. The van der Waals surface area contributed by atoms with Crippen molar-refractivity contribution < 1.29 is 13.9 Å². The molecule has 174 valence electrons. The Morgan fingerprint density at radius 3 is 2.79 bits per heavy atom. The van der Waals surface area contributed by atoms with Crippen LogP contribution in [0.3, 0.4) is 0 Å². The highest BCUT2D eigenvalue weighted by Gasteiger charge is 2.30. The van der Waals surface area contributed by atoms with Crippen molar-refractivity contribution in [2.45, 2.75) is 45.7 Å². The van der Waals surface area contributed by atoms with Gasteiger partial charge in [-0.3, -0.25) is 14.9 Å². The number of aryl methyl sites for hydroxylation is 1. The van der Waals surface area contributed by atoms with Crippen LogP contribution in [0.4, 0.5) is 4.39 Å². The molecular formula is C27H27FN4O2. The van der Waals surface area contributed by atoms with Crippen LogP contribution in [-0.2, 0) is 6.54 Å². The Balaban J connectivity index is 1.49. The van der Waals surface area contributed by atoms with Crippen LogP contribution in [-0.4, -0.2) is 38.6 Å². The van der Waals surface area contributed by atoms with Gasteiger partial charge in [0.1, 0.15) is 11.6 Å². The van der Waals surface area contributed by atoms with E-state index in [0.29, 0.717) is 30.0 Å². The van der Waals surface area contributed by atoms with Crippen molar-refractivity contribution in [1.82, 2.24) is 20.1 Å². The van der Waals surface area contributed by atoms with Crippen molar-refractivity contribution in [3.05, 3.63) is 77.5 Å². The van der Waals surface area contributed by atoms with Crippen molar-refractivity contribution in [3.8, 4) is 16.9 Å².